The molecule has 0 radical (unpaired) electrons. The van der Waals surface area contributed by atoms with Gasteiger partial charge in [-0.2, -0.15) is 0 Å². The first kappa shape index (κ1) is 18.3. The van der Waals surface area contributed by atoms with Gasteiger partial charge in [0, 0.05) is 26.2 Å². The molecule has 2 aliphatic heterocycles. The van der Waals surface area contributed by atoms with Gasteiger partial charge in [-0.1, -0.05) is 20.3 Å². The molecule has 1 fully saturated rings. The van der Waals surface area contributed by atoms with Crippen molar-refractivity contribution >= 4 is 29.1 Å². The first-order chi connectivity index (χ1) is 13.6. The molecular formula is C19H24N6O3. The molecule has 28 heavy (non-hydrogen) atoms. The third-order valence-electron chi connectivity index (χ3n) is 5.46. The number of furan rings is 1. The van der Waals surface area contributed by atoms with Gasteiger partial charge in [-0.3, -0.25) is 9.59 Å². The third kappa shape index (κ3) is 3.28. The lowest BCUT2D eigenvalue weighted by molar-refractivity contribution is -0.118. The summed E-state index contributed by atoms with van der Waals surface area (Å²) in [7, 11) is 0. The van der Waals surface area contributed by atoms with Gasteiger partial charge in [0.1, 0.15) is 18.1 Å². The zero-order chi connectivity index (χ0) is 19.7. The fourth-order valence-electron chi connectivity index (χ4n) is 3.57. The van der Waals surface area contributed by atoms with E-state index in [9.17, 15) is 9.59 Å². The Morgan fingerprint density at radius 3 is 2.79 bits per heavy atom. The van der Waals surface area contributed by atoms with Crippen LogP contribution < -0.4 is 15.5 Å². The molecule has 2 unspecified atom stereocenters. The fourth-order valence-corrected chi connectivity index (χ4v) is 3.57. The SMILES string of the molecule is CCC(C)C1Nc2ncnc(N3CCN(C(=O)c4ccco4)CC3)c2NC1=O. The van der Waals surface area contributed by atoms with E-state index >= 15 is 0 Å². The zero-order valence-corrected chi connectivity index (χ0v) is 16.0. The number of anilines is 3. The summed E-state index contributed by atoms with van der Waals surface area (Å²) in [5, 5.41) is 6.24. The van der Waals surface area contributed by atoms with Crippen LogP contribution in [-0.2, 0) is 4.79 Å². The number of fused-ring (bicyclic) bond motifs is 1. The summed E-state index contributed by atoms with van der Waals surface area (Å²) >= 11 is 0. The van der Waals surface area contributed by atoms with Crippen molar-refractivity contribution in [3.63, 3.8) is 0 Å². The second kappa shape index (κ2) is 7.49. The first-order valence-electron chi connectivity index (χ1n) is 9.58. The van der Waals surface area contributed by atoms with Crippen LogP contribution >= 0.6 is 0 Å². The molecule has 0 saturated carbocycles. The highest BCUT2D eigenvalue weighted by atomic mass is 16.3. The van der Waals surface area contributed by atoms with Gasteiger partial charge in [0.25, 0.3) is 5.91 Å². The van der Waals surface area contributed by atoms with Crippen molar-refractivity contribution in [2.75, 3.05) is 41.7 Å². The van der Waals surface area contributed by atoms with Gasteiger partial charge in [-0.15, -0.1) is 0 Å². The van der Waals surface area contributed by atoms with Gasteiger partial charge >= 0.3 is 0 Å². The van der Waals surface area contributed by atoms with E-state index in [-0.39, 0.29) is 23.8 Å². The Morgan fingerprint density at radius 1 is 1.32 bits per heavy atom. The quantitative estimate of drug-likeness (QED) is 0.828. The van der Waals surface area contributed by atoms with Gasteiger partial charge in [-0.25, -0.2) is 9.97 Å². The summed E-state index contributed by atoms with van der Waals surface area (Å²) in [5.41, 5.74) is 0.609. The maximum Gasteiger partial charge on any atom is 0.289 e. The number of rotatable bonds is 4. The van der Waals surface area contributed by atoms with E-state index in [1.807, 2.05) is 6.92 Å². The number of piperazine rings is 1. The van der Waals surface area contributed by atoms with Gasteiger partial charge in [0.2, 0.25) is 5.91 Å². The molecule has 2 aromatic rings. The number of nitrogens with zero attached hydrogens (tertiary/aromatic N) is 4. The predicted octanol–water partition coefficient (Wildman–Crippen LogP) is 1.81. The Kier molecular flexibility index (Phi) is 4.89. The molecule has 2 aliphatic rings. The lowest BCUT2D eigenvalue weighted by Crippen LogP contribution is -2.50. The molecule has 4 heterocycles. The van der Waals surface area contributed by atoms with Gasteiger partial charge in [0.05, 0.1) is 6.26 Å². The van der Waals surface area contributed by atoms with Crippen molar-refractivity contribution in [1.82, 2.24) is 14.9 Å². The van der Waals surface area contributed by atoms with Crippen molar-refractivity contribution in [2.45, 2.75) is 26.3 Å². The van der Waals surface area contributed by atoms with Crippen LogP contribution in [-0.4, -0.2) is 58.9 Å². The Hall–Kier alpha value is -3.10. The molecular weight excluding hydrogens is 360 g/mol. The summed E-state index contributed by atoms with van der Waals surface area (Å²) in [6, 6.07) is 3.08. The third-order valence-corrected chi connectivity index (χ3v) is 5.46. The van der Waals surface area contributed by atoms with Gasteiger partial charge < -0.3 is 24.9 Å². The minimum Gasteiger partial charge on any atom is -0.459 e. The summed E-state index contributed by atoms with van der Waals surface area (Å²) in [5.74, 6) is 1.69. The Labute approximate surface area is 163 Å². The number of nitrogens with one attached hydrogen (secondary N) is 2. The zero-order valence-electron chi connectivity index (χ0n) is 16.0. The summed E-state index contributed by atoms with van der Waals surface area (Å²) in [4.78, 5) is 37.5. The number of carbonyl (C=O) groups excluding carboxylic acids is 2. The van der Waals surface area contributed by atoms with Crippen molar-refractivity contribution in [3.8, 4) is 0 Å². The molecule has 0 aliphatic carbocycles. The number of aromatic nitrogens is 2. The normalized spacial score (nSPS) is 20.2. The topological polar surface area (TPSA) is 104 Å². The summed E-state index contributed by atoms with van der Waals surface area (Å²) in [6.45, 7) is 6.43. The minimum absolute atomic E-state index is 0.0652. The predicted molar refractivity (Wildman–Crippen MR) is 104 cm³/mol. The largest absolute Gasteiger partial charge is 0.459 e. The smallest absolute Gasteiger partial charge is 0.289 e. The van der Waals surface area contributed by atoms with Gasteiger partial charge in [0.15, 0.2) is 17.4 Å². The molecule has 2 N–H and O–H groups in total. The average molecular weight is 384 g/mol. The molecule has 9 heteroatoms. The molecule has 0 spiro atoms. The van der Waals surface area contributed by atoms with Crippen molar-refractivity contribution in [1.29, 1.82) is 0 Å². The van der Waals surface area contributed by atoms with Crippen LogP contribution in [0.4, 0.5) is 17.3 Å². The first-order valence-corrected chi connectivity index (χ1v) is 9.58. The molecule has 1 saturated heterocycles. The van der Waals surface area contributed by atoms with Crippen molar-refractivity contribution in [3.05, 3.63) is 30.5 Å². The monoisotopic (exact) mass is 384 g/mol. The Morgan fingerprint density at radius 2 is 2.11 bits per heavy atom. The average Bonchev–Trinajstić information content (AvgIpc) is 3.27. The molecule has 9 nitrogen and oxygen atoms in total. The maximum atomic E-state index is 12.6. The maximum absolute atomic E-state index is 12.6. The number of amides is 2. The van der Waals surface area contributed by atoms with E-state index in [1.54, 1.807) is 17.0 Å². The van der Waals surface area contributed by atoms with E-state index in [4.69, 9.17) is 4.42 Å². The second-order valence-electron chi connectivity index (χ2n) is 7.17. The van der Waals surface area contributed by atoms with Crippen LogP contribution in [0.1, 0.15) is 30.8 Å². The molecule has 4 rings (SSSR count). The standard InChI is InChI=1S/C19H24N6O3/c1-3-12(2)14-18(26)23-15-16(22-14)20-11-21-17(15)24-6-8-25(9-7-24)19(27)13-5-4-10-28-13/h4-5,10-12,14H,3,6-9H2,1-2H3,(H,23,26)(H,20,21,22). The van der Waals surface area contributed by atoms with Crippen LogP contribution in [0.15, 0.2) is 29.1 Å². The number of hydrogen-bond acceptors (Lipinski definition) is 7. The molecule has 0 bridgehead atoms. The van der Waals surface area contributed by atoms with Crippen LogP contribution in [0.25, 0.3) is 0 Å². The molecule has 0 aromatic carbocycles. The van der Waals surface area contributed by atoms with Crippen LogP contribution in [0.3, 0.4) is 0 Å². The second-order valence-corrected chi connectivity index (χ2v) is 7.17. The van der Waals surface area contributed by atoms with E-state index in [2.05, 4.69) is 32.4 Å². The summed E-state index contributed by atoms with van der Waals surface area (Å²) in [6.07, 6.45) is 3.90. The highest BCUT2D eigenvalue weighted by Gasteiger charge is 2.33. The molecule has 2 atom stereocenters. The van der Waals surface area contributed by atoms with Crippen LogP contribution in [0, 0.1) is 5.92 Å². The lowest BCUT2D eigenvalue weighted by Gasteiger charge is -2.37. The van der Waals surface area contributed by atoms with E-state index in [1.165, 1.54) is 12.6 Å². The highest BCUT2D eigenvalue weighted by Crippen LogP contribution is 2.34. The molecule has 148 valence electrons. The highest BCUT2D eigenvalue weighted by molar-refractivity contribution is 6.05. The van der Waals surface area contributed by atoms with Crippen molar-refractivity contribution < 1.29 is 14.0 Å². The van der Waals surface area contributed by atoms with Crippen molar-refractivity contribution in [2.24, 2.45) is 5.92 Å². The number of hydrogen-bond donors (Lipinski definition) is 2. The Bertz CT molecular complexity index is 861. The molecule has 2 aromatic heterocycles. The lowest BCUT2D eigenvalue weighted by atomic mass is 9.97. The van der Waals surface area contributed by atoms with Gasteiger partial charge in [-0.05, 0) is 18.1 Å². The van der Waals surface area contributed by atoms with Crippen LogP contribution in [0.2, 0.25) is 0 Å². The fraction of sp³-hybridized carbons (Fsp3) is 0.474. The number of carbonyl (C=O) groups is 2. The van der Waals surface area contributed by atoms with Crippen LogP contribution in [0.5, 0.6) is 0 Å². The summed E-state index contributed by atoms with van der Waals surface area (Å²) < 4.78 is 5.20. The Balaban J connectivity index is 1.48. The molecule has 2 amide bonds. The minimum atomic E-state index is -0.303. The van der Waals surface area contributed by atoms with E-state index < -0.39 is 0 Å². The van der Waals surface area contributed by atoms with E-state index in [0.717, 1.165) is 6.42 Å². The van der Waals surface area contributed by atoms with E-state index in [0.29, 0.717) is 49.3 Å².